The number of nitrogens with one attached hydrogen (secondary N) is 1. The van der Waals surface area contributed by atoms with Gasteiger partial charge in [-0.05, 0) is 25.0 Å². The van der Waals surface area contributed by atoms with Gasteiger partial charge >= 0.3 is 5.69 Å². The Morgan fingerprint density at radius 3 is 2.75 bits per heavy atom. The summed E-state index contributed by atoms with van der Waals surface area (Å²) in [7, 11) is 2.84. The molecule has 0 aliphatic carbocycles. The number of halogens is 1. The highest BCUT2D eigenvalue weighted by Gasteiger charge is 2.21. The van der Waals surface area contributed by atoms with Gasteiger partial charge in [-0.25, -0.2) is 19.2 Å². The Kier molecular flexibility index (Phi) is 6.38. The summed E-state index contributed by atoms with van der Waals surface area (Å²) in [6.45, 7) is 1.11. The van der Waals surface area contributed by atoms with Crippen molar-refractivity contribution in [1.29, 1.82) is 0 Å². The summed E-state index contributed by atoms with van der Waals surface area (Å²) in [5, 5.41) is 3.13. The third-order valence-electron chi connectivity index (χ3n) is 5.27. The number of carbonyl (C=O) groups excluding carboxylic acids is 1. The molecule has 4 rings (SSSR count). The van der Waals surface area contributed by atoms with Crippen LogP contribution in [0.15, 0.2) is 38.9 Å². The molecule has 1 aromatic carbocycles. The summed E-state index contributed by atoms with van der Waals surface area (Å²) in [6.07, 6.45) is 1.89. The number of hydrogen-bond donors (Lipinski definition) is 1. The SMILES string of the molecule is Cn1c(=O)c2c(SCC(=O)NCC3CCCO3)nc(-c3ccccc3F)nc2n(C)c1=O. The lowest BCUT2D eigenvalue weighted by atomic mass is 10.2. The first-order valence-electron chi connectivity index (χ1n) is 10.1. The Bertz CT molecular complexity index is 1300. The quantitative estimate of drug-likeness (QED) is 0.436. The molecule has 2 aromatic heterocycles. The van der Waals surface area contributed by atoms with Crippen LogP contribution in [0, 0.1) is 5.82 Å². The van der Waals surface area contributed by atoms with Crippen molar-refractivity contribution < 1.29 is 13.9 Å². The summed E-state index contributed by atoms with van der Waals surface area (Å²) in [4.78, 5) is 46.3. The van der Waals surface area contributed by atoms with Crippen molar-refractivity contribution in [2.45, 2.75) is 24.0 Å². The van der Waals surface area contributed by atoms with Crippen molar-refractivity contribution in [2.24, 2.45) is 14.1 Å². The molecule has 1 atom stereocenters. The number of aryl methyl sites for hydroxylation is 1. The fourth-order valence-corrected chi connectivity index (χ4v) is 4.36. The van der Waals surface area contributed by atoms with E-state index in [2.05, 4.69) is 15.3 Å². The van der Waals surface area contributed by atoms with Gasteiger partial charge in [-0.3, -0.25) is 18.7 Å². The maximum absolute atomic E-state index is 14.4. The number of ether oxygens (including phenoxy) is 1. The summed E-state index contributed by atoms with van der Waals surface area (Å²) < 4.78 is 22.1. The number of amides is 1. The maximum atomic E-state index is 14.4. The van der Waals surface area contributed by atoms with Crippen LogP contribution in [0.5, 0.6) is 0 Å². The number of thioether (sulfide) groups is 1. The number of carbonyl (C=O) groups is 1. The van der Waals surface area contributed by atoms with Gasteiger partial charge in [0, 0.05) is 27.2 Å². The van der Waals surface area contributed by atoms with E-state index in [0.29, 0.717) is 13.2 Å². The monoisotopic (exact) mass is 459 g/mol. The van der Waals surface area contributed by atoms with E-state index in [1.165, 1.54) is 30.8 Å². The fourth-order valence-electron chi connectivity index (χ4n) is 3.51. The molecule has 1 unspecified atom stereocenters. The third kappa shape index (κ3) is 4.30. The van der Waals surface area contributed by atoms with Gasteiger partial charge in [0.1, 0.15) is 16.2 Å². The second-order valence-electron chi connectivity index (χ2n) is 7.46. The highest BCUT2D eigenvalue weighted by molar-refractivity contribution is 8.00. The first kappa shape index (κ1) is 22.2. The van der Waals surface area contributed by atoms with Crippen LogP contribution in [0.3, 0.4) is 0 Å². The predicted molar refractivity (Wildman–Crippen MR) is 118 cm³/mol. The van der Waals surface area contributed by atoms with E-state index in [1.807, 2.05) is 0 Å². The number of hydrogen-bond acceptors (Lipinski definition) is 7. The molecular weight excluding hydrogens is 437 g/mol. The smallest absolute Gasteiger partial charge is 0.332 e. The van der Waals surface area contributed by atoms with Crippen molar-refractivity contribution in [3.63, 3.8) is 0 Å². The fraction of sp³-hybridized carbons (Fsp3) is 0.381. The zero-order chi connectivity index (χ0) is 22.8. The van der Waals surface area contributed by atoms with Gasteiger partial charge in [-0.1, -0.05) is 23.9 Å². The minimum atomic E-state index is -0.578. The summed E-state index contributed by atoms with van der Waals surface area (Å²) >= 11 is 1.04. The standard InChI is InChI=1S/C21H22FN5O4S/c1-26-18-16(20(29)27(2)21(26)30)19(25-17(24-18)13-7-3-4-8-14(13)22)32-11-15(28)23-10-12-6-5-9-31-12/h3-4,7-8,12H,5-6,9-11H2,1-2H3,(H,23,28). The second kappa shape index (κ2) is 9.21. The molecule has 1 amide bonds. The number of nitrogens with zero attached hydrogens (tertiary/aromatic N) is 4. The molecule has 1 aliphatic heterocycles. The van der Waals surface area contributed by atoms with E-state index in [-0.39, 0.29) is 45.2 Å². The molecule has 1 aliphatic rings. The zero-order valence-corrected chi connectivity index (χ0v) is 18.4. The Hall–Kier alpha value is -3.05. The van der Waals surface area contributed by atoms with Gasteiger partial charge in [0.15, 0.2) is 11.5 Å². The van der Waals surface area contributed by atoms with Crippen LogP contribution in [0.4, 0.5) is 4.39 Å². The first-order chi connectivity index (χ1) is 15.4. The minimum Gasteiger partial charge on any atom is -0.376 e. The van der Waals surface area contributed by atoms with E-state index in [1.54, 1.807) is 12.1 Å². The maximum Gasteiger partial charge on any atom is 0.332 e. The summed E-state index contributed by atoms with van der Waals surface area (Å²) in [5.74, 6) is -0.764. The number of aromatic nitrogens is 4. The number of rotatable bonds is 6. The molecule has 168 valence electrons. The Balaban J connectivity index is 1.72. The third-order valence-corrected chi connectivity index (χ3v) is 6.25. The van der Waals surface area contributed by atoms with Crippen molar-refractivity contribution in [3.8, 4) is 11.4 Å². The molecule has 0 spiro atoms. The molecule has 3 aromatic rings. The van der Waals surface area contributed by atoms with E-state index in [0.717, 1.165) is 29.2 Å². The highest BCUT2D eigenvalue weighted by atomic mass is 32.2. The average molecular weight is 460 g/mol. The van der Waals surface area contributed by atoms with Gasteiger partial charge in [-0.15, -0.1) is 0 Å². The van der Waals surface area contributed by atoms with Crippen LogP contribution in [0.2, 0.25) is 0 Å². The van der Waals surface area contributed by atoms with E-state index >= 15 is 0 Å². The lowest BCUT2D eigenvalue weighted by Gasteiger charge is -2.13. The predicted octanol–water partition coefficient (Wildman–Crippen LogP) is 1.22. The topological polar surface area (TPSA) is 108 Å². The Morgan fingerprint density at radius 1 is 1.25 bits per heavy atom. The van der Waals surface area contributed by atoms with Gasteiger partial charge < -0.3 is 10.1 Å². The molecule has 0 bridgehead atoms. The van der Waals surface area contributed by atoms with E-state index in [9.17, 15) is 18.8 Å². The second-order valence-corrected chi connectivity index (χ2v) is 8.43. The number of benzene rings is 1. The van der Waals surface area contributed by atoms with Crippen LogP contribution in [0.1, 0.15) is 12.8 Å². The molecule has 9 nitrogen and oxygen atoms in total. The molecular formula is C21H22FN5O4S. The van der Waals surface area contributed by atoms with Gasteiger partial charge in [0.2, 0.25) is 5.91 Å². The zero-order valence-electron chi connectivity index (χ0n) is 17.6. The minimum absolute atomic E-state index is 0.0123. The number of fused-ring (bicyclic) bond motifs is 1. The summed E-state index contributed by atoms with van der Waals surface area (Å²) in [6, 6.07) is 5.97. The van der Waals surface area contributed by atoms with E-state index < -0.39 is 17.1 Å². The van der Waals surface area contributed by atoms with Crippen LogP contribution in [0.25, 0.3) is 22.4 Å². The van der Waals surface area contributed by atoms with Gasteiger partial charge in [0.25, 0.3) is 5.56 Å². The van der Waals surface area contributed by atoms with Gasteiger partial charge in [-0.2, -0.15) is 0 Å². The molecule has 0 radical (unpaired) electrons. The van der Waals surface area contributed by atoms with Crippen LogP contribution >= 0.6 is 11.8 Å². The molecule has 3 heterocycles. The van der Waals surface area contributed by atoms with Gasteiger partial charge in [0.05, 0.1) is 17.4 Å². The van der Waals surface area contributed by atoms with Crippen LogP contribution in [-0.2, 0) is 23.6 Å². The molecule has 32 heavy (non-hydrogen) atoms. The van der Waals surface area contributed by atoms with Crippen molar-refractivity contribution in [2.75, 3.05) is 18.9 Å². The summed E-state index contributed by atoms with van der Waals surface area (Å²) in [5.41, 5.74) is -0.933. The van der Waals surface area contributed by atoms with Crippen molar-refractivity contribution in [1.82, 2.24) is 24.4 Å². The van der Waals surface area contributed by atoms with E-state index in [4.69, 9.17) is 4.74 Å². The molecule has 1 N–H and O–H groups in total. The average Bonchev–Trinajstić information content (AvgIpc) is 3.32. The van der Waals surface area contributed by atoms with Crippen LogP contribution < -0.4 is 16.6 Å². The van der Waals surface area contributed by atoms with Crippen LogP contribution in [-0.4, -0.2) is 50.0 Å². The molecule has 1 saturated heterocycles. The molecule has 11 heteroatoms. The Labute approximate surface area is 186 Å². The molecule has 1 fully saturated rings. The largest absolute Gasteiger partial charge is 0.376 e. The highest BCUT2D eigenvalue weighted by Crippen LogP contribution is 2.27. The Morgan fingerprint density at radius 2 is 2.03 bits per heavy atom. The lowest BCUT2D eigenvalue weighted by Crippen LogP contribution is -2.38. The molecule has 0 saturated carbocycles. The lowest BCUT2D eigenvalue weighted by molar-refractivity contribution is -0.119. The van der Waals surface area contributed by atoms with Crippen molar-refractivity contribution in [3.05, 3.63) is 50.9 Å². The normalized spacial score (nSPS) is 15.9. The first-order valence-corrected chi connectivity index (χ1v) is 11.1. The van der Waals surface area contributed by atoms with Crippen molar-refractivity contribution >= 4 is 28.7 Å².